The SMILES string of the molecule is O=C(NCC=Cc1ccc2oc(C(=O)O)cc(=O)c2c1)OCc1ccccc1. The van der Waals surface area contributed by atoms with Gasteiger partial charge in [-0.3, -0.25) is 4.79 Å². The molecule has 0 atom stereocenters. The highest BCUT2D eigenvalue weighted by atomic mass is 16.5. The highest BCUT2D eigenvalue weighted by Crippen LogP contribution is 2.15. The Morgan fingerprint density at radius 1 is 1.11 bits per heavy atom. The van der Waals surface area contributed by atoms with Gasteiger partial charge in [-0.25, -0.2) is 9.59 Å². The summed E-state index contributed by atoms with van der Waals surface area (Å²) in [6.45, 7) is 0.438. The van der Waals surface area contributed by atoms with Crippen molar-refractivity contribution in [3.05, 3.63) is 87.8 Å². The molecule has 0 fully saturated rings. The number of aromatic carboxylic acids is 1. The van der Waals surface area contributed by atoms with Gasteiger partial charge in [0.25, 0.3) is 0 Å². The molecule has 0 unspecified atom stereocenters. The second kappa shape index (κ2) is 8.68. The number of amides is 1. The van der Waals surface area contributed by atoms with Crippen LogP contribution in [-0.2, 0) is 11.3 Å². The number of benzene rings is 2. The first-order valence-electron chi connectivity index (χ1n) is 8.45. The van der Waals surface area contributed by atoms with E-state index in [2.05, 4.69) is 5.32 Å². The van der Waals surface area contributed by atoms with Crippen LogP contribution < -0.4 is 10.7 Å². The lowest BCUT2D eigenvalue weighted by Crippen LogP contribution is -2.24. The van der Waals surface area contributed by atoms with E-state index in [1.54, 1.807) is 24.3 Å². The first kappa shape index (κ1) is 18.9. The van der Waals surface area contributed by atoms with E-state index in [9.17, 15) is 14.4 Å². The molecule has 0 aliphatic carbocycles. The average Bonchev–Trinajstić information content (AvgIpc) is 2.70. The summed E-state index contributed by atoms with van der Waals surface area (Å²) >= 11 is 0. The second-order valence-corrected chi connectivity index (χ2v) is 5.88. The lowest BCUT2D eigenvalue weighted by Gasteiger charge is -2.05. The van der Waals surface area contributed by atoms with Gasteiger partial charge in [0.05, 0.1) is 5.39 Å². The van der Waals surface area contributed by atoms with Crippen LogP contribution in [0.25, 0.3) is 17.0 Å². The van der Waals surface area contributed by atoms with Crippen molar-refractivity contribution in [3.8, 4) is 0 Å². The molecule has 1 amide bonds. The highest BCUT2D eigenvalue weighted by molar-refractivity contribution is 5.88. The maximum atomic E-state index is 12.0. The van der Waals surface area contributed by atoms with Crippen LogP contribution in [0.2, 0.25) is 0 Å². The third-order valence-electron chi connectivity index (χ3n) is 3.85. The van der Waals surface area contributed by atoms with Crippen molar-refractivity contribution >= 4 is 29.1 Å². The number of hydrogen-bond acceptors (Lipinski definition) is 5. The summed E-state index contributed by atoms with van der Waals surface area (Å²) in [5.74, 6) is -1.70. The van der Waals surface area contributed by atoms with Crippen molar-refractivity contribution in [2.45, 2.75) is 6.61 Å². The molecule has 0 radical (unpaired) electrons. The Morgan fingerprint density at radius 2 is 1.89 bits per heavy atom. The molecule has 0 spiro atoms. The Bertz CT molecular complexity index is 1080. The van der Waals surface area contributed by atoms with Gasteiger partial charge in [-0.15, -0.1) is 0 Å². The number of carbonyl (C=O) groups is 2. The molecule has 1 aromatic heterocycles. The van der Waals surface area contributed by atoms with Crippen LogP contribution in [0.1, 0.15) is 21.7 Å². The van der Waals surface area contributed by atoms with Crippen LogP contribution >= 0.6 is 0 Å². The van der Waals surface area contributed by atoms with E-state index >= 15 is 0 Å². The highest BCUT2D eigenvalue weighted by Gasteiger charge is 2.10. The fourth-order valence-electron chi connectivity index (χ4n) is 2.49. The zero-order valence-electron chi connectivity index (χ0n) is 14.8. The minimum Gasteiger partial charge on any atom is -0.475 e. The standard InChI is InChI=1S/C21H17NO6/c23-17-12-19(20(24)25)28-18-9-8-14(11-16(17)18)7-4-10-22-21(26)27-13-15-5-2-1-3-6-15/h1-9,11-12H,10,13H2,(H,22,26)(H,24,25). The lowest BCUT2D eigenvalue weighted by atomic mass is 10.1. The van der Waals surface area contributed by atoms with E-state index in [1.807, 2.05) is 30.3 Å². The van der Waals surface area contributed by atoms with Gasteiger partial charge >= 0.3 is 12.1 Å². The predicted octanol–water partition coefficient (Wildman–Crippen LogP) is 3.43. The zero-order chi connectivity index (χ0) is 19.9. The van der Waals surface area contributed by atoms with E-state index in [-0.39, 0.29) is 24.1 Å². The number of carboxylic acids is 1. The van der Waals surface area contributed by atoms with Crippen LogP contribution in [0.5, 0.6) is 0 Å². The van der Waals surface area contributed by atoms with Gasteiger partial charge in [0.2, 0.25) is 5.76 Å². The summed E-state index contributed by atoms with van der Waals surface area (Å²) in [5, 5.41) is 11.8. The van der Waals surface area contributed by atoms with Crippen molar-refractivity contribution in [2.24, 2.45) is 0 Å². The molecule has 28 heavy (non-hydrogen) atoms. The Balaban J connectivity index is 1.57. The van der Waals surface area contributed by atoms with Crippen LogP contribution in [0.15, 0.2) is 69.9 Å². The molecule has 2 aromatic carbocycles. The van der Waals surface area contributed by atoms with E-state index in [1.165, 1.54) is 6.07 Å². The number of carbonyl (C=O) groups excluding carboxylic acids is 1. The van der Waals surface area contributed by atoms with Crippen molar-refractivity contribution in [2.75, 3.05) is 6.54 Å². The van der Waals surface area contributed by atoms with E-state index < -0.39 is 23.3 Å². The Morgan fingerprint density at radius 3 is 2.64 bits per heavy atom. The number of carboxylic acid groups (broad SMARTS) is 1. The summed E-state index contributed by atoms with van der Waals surface area (Å²) in [5.41, 5.74) is 1.37. The number of alkyl carbamates (subject to hydrolysis) is 1. The zero-order valence-corrected chi connectivity index (χ0v) is 14.8. The molecule has 0 aliphatic heterocycles. The number of rotatable bonds is 6. The molecule has 1 heterocycles. The Kier molecular flexibility index (Phi) is 5.86. The van der Waals surface area contributed by atoms with Gasteiger partial charge < -0.3 is 19.6 Å². The molecule has 2 N–H and O–H groups in total. The van der Waals surface area contributed by atoms with E-state index in [4.69, 9.17) is 14.3 Å². The van der Waals surface area contributed by atoms with E-state index in [0.717, 1.165) is 11.6 Å². The van der Waals surface area contributed by atoms with Crippen LogP contribution in [-0.4, -0.2) is 23.7 Å². The van der Waals surface area contributed by atoms with Gasteiger partial charge in [-0.05, 0) is 23.3 Å². The molecule has 7 heteroatoms. The summed E-state index contributed by atoms with van der Waals surface area (Å²) in [6.07, 6.45) is 2.90. The van der Waals surface area contributed by atoms with Gasteiger partial charge in [0, 0.05) is 12.6 Å². The number of fused-ring (bicyclic) bond motifs is 1. The number of hydrogen-bond donors (Lipinski definition) is 2. The molecule has 142 valence electrons. The first-order valence-corrected chi connectivity index (χ1v) is 8.45. The maximum absolute atomic E-state index is 12.0. The monoisotopic (exact) mass is 379 g/mol. The van der Waals surface area contributed by atoms with Crippen LogP contribution in [0.3, 0.4) is 0 Å². The van der Waals surface area contributed by atoms with Crippen molar-refractivity contribution < 1.29 is 23.8 Å². The minimum atomic E-state index is -1.30. The third kappa shape index (κ3) is 4.85. The first-order chi connectivity index (χ1) is 13.5. The fourth-order valence-corrected chi connectivity index (χ4v) is 2.49. The topological polar surface area (TPSA) is 106 Å². The molecule has 0 bridgehead atoms. The molecule has 0 saturated carbocycles. The average molecular weight is 379 g/mol. The summed E-state index contributed by atoms with van der Waals surface area (Å²) in [6, 6.07) is 15.1. The Labute approximate surface area is 159 Å². The minimum absolute atomic E-state index is 0.190. The molecular formula is C21H17NO6. The quantitative estimate of drug-likeness (QED) is 0.680. The molecule has 0 saturated heterocycles. The summed E-state index contributed by atoms with van der Waals surface area (Å²) < 4.78 is 10.3. The van der Waals surface area contributed by atoms with Crippen molar-refractivity contribution in [3.63, 3.8) is 0 Å². The van der Waals surface area contributed by atoms with Gasteiger partial charge in [-0.2, -0.15) is 0 Å². The summed E-state index contributed by atoms with van der Waals surface area (Å²) in [4.78, 5) is 34.6. The molecule has 0 aliphatic rings. The third-order valence-corrected chi connectivity index (χ3v) is 3.85. The van der Waals surface area contributed by atoms with Crippen molar-refractivity contribution in [1.29, 1.82) is 0 Å². The van der Waals surface area contributed by atoms with E-state index in [0.29, 0.717) is 5.56 Å². The molecule has 7 nitrogen and oxygen atoms in total. The molecular weight excluding hydrogens is 362 g/mol. The van der Waals surface area contributed by atoms with Crippen LogP contribution in [0, 0.1) is 0 Å². The molecule has 3 rings (SSSR count). The van der Waals surface area contributed by atoms with Gasteiger partial charge in [0.1, 0.15) is 12.2 Å². The fraction of sp³-hybridized carbons (Fsp3) is 0.0952. The number of ether oxygens (including phenoxy) is 1. The second-order valence-electron chi connectivity index (χ2n) is 5.88. The Hall–Kier alpha value is -3.87. The molecule has 3 aromatic rings. The van der Waals surface area contributed by atoms with Crippen LogP contribution in [0.4, 0.5) is 4.79 Å². The maximum Gasteiger partial charge on any atom is 0.407 e. The van der Waals surface area contributed by atoms with Crippen molar-refractivity contribution in [1.82, 2.24) is 5.32 Å². The lowest BCUT2D eigenvalue weighted by molar-refractivity contribution is 0.0663. The van der Waals surface area contributed by atoms with Gasteiger partial charge in [-0.1, -0.05) is 48.6 Å². The van der Waals surface area contributed by atoms with Gasteiger partial charge in [0.15, 0.2) is 5.43 Å². The predicted molar refractivity (Wildman–Crippen MR) is 103 cm³/mol. The normalized spacial score (nSPS) is 10.9. The number of nitrogens with one attached hydrogen (secondary N) is 1. The smallest absolute Gasteiger partial charge is 0.407 e. The largest absolute Gasteiger partial charge is 0.475 e. The summed E-state index contributed by atoms with van der Waals surface area (Å²) in [7, 11) is 0.